The van der Waals surface area contributed by atoms with Gasteiger partial charge in [0.05, 0.1) is 19.8 Å². The minimum atomic E-state index is -5.06. The zero-order valence-electron chi connectivity index (χ0n) is 34.7. The van der Waals surface area contributed by atoms with Crippen molar-refractivity contribution >= 4 is 16.4 Å². The summed E-state index contributed by atoms with van der Waals surface area (Å²) >= 11 is 0. The Morgan fingerprint density at radius 2 is 1.23 bits per heavy atom. The van der Waals surface area contributed by atoms with E-state index >= 15 is 0 Å². The van der Waals surface area contributed by atoms with Crippen LogP contribution in [0.15, 0.2) is 36.5 Å². The molecule has 0 radical (unpaired) electrons. The Kier molecular flexibility index (Phi) is 33.0. The number of rotatable bonds is 37. The van der Waals surface area contributed by atoms with Gasteiger partial charge in [-0.3, -0.25) is 9.35 Å². The van der Waals surface area contributed by atoms with Crippen molar-refractivity contribution in [1.29, 1.82) is 0 Å². The van der Waals surface area contributed by atoms with Crippen LogP contribution >= 0.6 is 0 Å². The maximum Gasteiger partial charge on any atom is 0.397 e. The number of ether oxygens (including phenoxy) is 4. The Morgan fingerprint density at radius 3 is 1.80 bits per heavy atom. The maximum atomic E-state index is 12.8. The highest BCUT2D eigenvalue weighted by Gasteiger charge is 2.48. The molecule has 13 heteroatoms. The molecule has 1 rings (SSSR count). The summed E-state index contributed by atoms with van der Waals surface area (Å²) < 4.78 is 59.0. The van der Waals surface area contributed by atoms with E-state index in [9.17, 15) is 28.5 Å². The number of allylic oxidation sites excluding steroid dienone is 6. The molecular formula is C43H78O12S. The first-order valence-electron chi connectivity index (χ1n) is 21.7. The van der Waals surface area contributed by atoms with Crippen LogP contribution in [0.5, 0.6) is 0 Å². The van der Waals surface area contributed by atoms with Crippen LogP contribution in [0.4, 0.5) is 0 Å². The zero-order chi connectivity index (χ0) is 41.1. The predicted octanol–water partition coefficient (Wildman–Crippen LogP) is 8.63. The molecule has 6 atom stereocenters. The average molecular weight is 819 g/mol. The fraction of sp³-hybridized carbons (Fsp3) is 0.837. The molecule has 1 aliphatic heterocycles. The Balaban J connectivity index is 2.46. The normalized spacial score (nSPS) is 21.1. The number of aliphatic hydroxyl groups excluding tert-OH is 3. The molecule has 4 N–H and O–H groups in total. The molecule has 6 unspecified atom stereocenters. The Morgan fingerprint density at radius 1 is 0.696 bits per heavy atom. The minimum absolute atomic E-state index is 0.0289. The highest BCUT2D eigenvalue weighted by molar-refractivity contribution is 7.80. The second-order valence-electron chi connectivity index (χ2n) is 14.9. The van der Waals surface area contributed by atoms with Crippen molar-refractivity contribution in [2.75, 3.05) is 26.4 Å². The lowest BCUT2D eigenvalue weighted by atomic mass is 9.99. The SMILES string of the molecule is CC/C=C\C/C=C\C/C=C\CCCCCCCCOCC(COC1OC(CO)C(O)C(OS(=O)(=O)O)C1O)OC(=O)CCCCCCCCCCCCCCC. The topological polar surface area (TPSA) is 178 Å². The molecule has 0 spiro atoms. The molecule has 0 amide bonds. The lowest BCUT2D eigenvalue weighted by Gasteiger charge is -2.41. The van der Waals surface area contributed by atoms with Crippen LogP contribution in [0, 0.1) is 0 Å². The van der Waals surface area contributed by atoms with E-state index in [0.29, 0.717) is 13.0 Å². The molecule has 0 aliphatic carbocycles. The second kappa shape index (κ2) is 35.3. The van der Waals surface area contributed by atoms with Gasteiger partial charge >= 0.3 is 16.4 Å². The first-order valence-corrected chi connectivity index (χ1v) is 23.1. The van der Waals surface area contributed by atoms with Crippen molar-refractivity contribution in [3.63, 3.8) is 0 Å². The summed E-state index contributed by atoms with van der Waals surface area (Å²) in [7, 11) is -5.06. The summed E-state index contributed by atoms with van der Waals surface area (Å²) in [6.45, 7) is 3.84. The van der Waals surface area contributed by atoms with Gasteiger partial charge in [-0.1, -0.05) is 153 Å². The van der Waals surface area contributed by atoms with Gasteiger partial charge in [0.2, 0.25) is 0 Å². The van der Waals surface area contributed by atoms with E-state index in [-0.39, 0.29) is 19.6 Å². The molecule has 12 nitrogen and oxygen atoms in total. The lowest BCUT2D eigenvalue weighted by Crippen LogP contribution is -2.60. The first kappa shape index (κ1) is 52.3. The van der Waals surface area contributed by atoms with Gasteiger partial charge in [-0.05, 0) is 44.9 Å². The Hall–Kier alpha value is -1.68. The highest BCUT2D eigenvalue weighted by Crippen LogP contribution is 2.26. The molecular weight excluding hydrogens is 741 g/mol. The van der Waals surface area contributed by atoms with Gasteiger partial charge in [0.25, 0.3) is 0 Å². The molecule has 328 valence electrons. The fourth-order valence-electron chi connectivity index (χ4n) is 6.51. The summed E-state index contributed by atoms with van der Waals surface area (Å²) in [5.41, 5.74) is 0. The standard InChI is InChI=1S/C43H78O12S/c1-3-5-7-9-11-13-15-17-18-19-21-23-25-27-29-31-33-51-35-37(36-52-43-41(47)42(55-56(48,49)50)40(46)38(34-44)54-43)53-39(45)32-30-28-26-24-22-20-16-14-12-10-8-6-4-2/h5,7,11,13,17-18,37-38,40-44,46-47H,3-4,6,8-10,12,14-16,19-36H2,1-2H3,(H,48,49,50)/b7-5-,13-11-,18-17-. The van der Waals surface area contributed by atoms with Crippen molar-refractivity contribution in [3.8, 4) is 0 Å². The molecule has 0 aromatic rings. The Bertz CT molecular complexity index is 1130. The molecule has 0 bridgehead atoms. The number of aliphatic hydroxyl groups is 3. The third kappa shape index (κ3) is 28.7. The van der Waals surface area contributed by atoms with Gasteiger partial charge in [0.15, 0.2) is 6.29 Å². The summed E-state index contributed by atoms with van der Waals surface area (Å²) in [6, 6.07) is 0. The zero-order valence-corrected chi connectivity index (χ0v) is 35.5. The van der Waals surface area contributed by atoms with Crippen LogP contribution in [0.2, 0.25) is 0 Å². The molecule has 1 saturated heterocycles. The number of hydrogen-bond donors (Lipinski definition) is 4. The van der Waals surface area contributed by atoms with Gasteiger partial charge in [-0.15, -0.1) is 0 Å². The third-order valence-corrected chi connectivity index (χ3v) is 10.2. The van der Waals surface area contributed by atoms with E-state index in [2.05, 4.69) is 54.5 Å². The van der Waals surface area contributed by atoms with E-state index in [1.165, 1.54) is 70.6 Å². The maximum absolute atomic E-state index is 12.8. The molecule has 0 aromatic carbocycles. The van der Waals surface area contributed by atoms with Crippen molar-refractivity contribution < 1.29 is 56.2 Å². The number of hydrogen-bond acceptors (Lipinski definition) is 11. The molecule has 0 saturated carbocycles. The number of carbonyl (C=O) groups excluding carboxylic acids is 1. The highest BCUT2D eigenvalue weighted by atomic mass is 32.3. The van der Waals surface area contributed by atoms with Gasteiger partial charge < -0.3 is 34.3 Å². The number of unbranched alkanes of at least 4 members (excludes halogenated alkanes) is 18. The molecule has 56 heavy (non-hydrogen) atoms. The largest absolute Gasteiger partial charge is 0.457 e. The van der Waals surface area contributed by atoms with Crippen LogP contribution in [-0.2, 0) is 38.3 Å². The van der Waals surface area contributed by atoms with E-state index < -0.39 is 59.8 Å². The summed E-state index contributed by atoms with van der Waals surface area (Å²) in [5, 5.41) is 30.6. The smallest absolute Gasteiger partial charge is 0.397 e. The van der Waals surface area contributed by atoms with Crippen LogP contribution in [-0.4, -0.2) is 97.5 Å². The summed E-state index contributed by atoms with van der Waals surface area (Å²) in [4.78, 5) is 12.8. The van der Waals surface area contributed by atoms with Crippen molar-refractivity contribution in [2.45, 2.75) is 205 Å². The van der Waals surface area contributed by atoms with Crippen molar-refractivity contribution in [2.24, 2.45) is 0 Å². The van der Waals surface area contributed by atoms with Crippen LogP contribution in [0.25, 0.3) is 0 Å². The average Bonchev–Trinajstić information content (AvgIpc) is 3.17. The van der Waals surface area contributed by atoms with Crippen LogP contribution < -0.4 is 0 Å². The van der Waals surface area contributed by atoms with Crippen molar-refractivity contribution in [3.05, 3.63) is 36.5 Å². The van der Waals surface area contributed by atoms with Crippen LogP contribution in [0.1, 0.15) is 168 Å². The monoisotopic (exact) mass is 819 g/mol. The first-order chi connectivity index (χ1) is 27.1. The number of esters is 1. The molecule has 1 heterocycles. The second-order valence-corrected chi connectivity index (χ2v) is 16.0. The van der Waals surface area contributed by atoms with Gasteiger partial charge in [-0.25, -0.2) is 4.18 Å². The van der Waals surface area contributed by atoms with Gasteiger partial charge in [-0.2, -0.15) is 8.42 Å². The fourth-order valence-corrected chi connectivity index (χ4v) is 7.02. The number of carbonyl (C=O) groups is 1. The van der Waals surface area contributed by atoms with E-state index in [1.807, 2.05) is 0 Å². The summed E-state index contributed by atoms with van der Waals surface area (Å²) in [5.74, 6) is -0.405. The molecule has 1 fully saturated rings. The van der Waals surface area contributed by atoms with Gasteiger partial charge in [0, 0.05) is 13.0 Å². The third-order valence-electron chi connectivity index (χ3n) is 9.78. The van der Waals surface area contributed by atoms with Crippen LogP contribution in [0.3, 0.4) is 0 Å². The quantitative estimate of drug-likeness (QED) is 0.0203. The van der Waals surface area contributed by atoms with E-state index in [4.69, 9.17) is 23.5 Å². The van der Waals surface area contributed by atoms with E-state index in [0.717, 1.165) is 70.6 Å². The molecule has 0 aromatic heterocycles. The van der Waals surface area contributed by atoms with Gasteiger partial charge in [0.1, 0.15) is 30.5 Å². The Labute approximate surface area is 339 Å². The minimum Gasteiger partial charge on any atom is -0.457 e. The lowest BCUT2D eigenvalue weighted by molar-refractivity contribution is -0.301. The van der Waals surface area contributed by atoms with Crippen molar-refractivity contribution in [1.82, 2.24) is 0 Å². The molecule has 1 aliphatic rings. The summed E-state index contributed by atoms with van der Waals surface area (Å²) in [6.07, 6.45) is 30.3. The predicted molar refractivity (Wildman–Crippen MR) is 220 cm³/mol. The van der Waals surface area contributed by atoms with E-state index in [1.54, 1.807) is 0 Å².